The topological polar surface area (TPSA) is 86.8 Å². The van der Waals surface area contributed by atoms with Gasteiger partial charge in [0.05, 0.1) is 11.9 Å². The van der Waals surface area contributed by atoms with E-state index in [1.807, 2.05) is 77.9 Å². The van der Waals surface area contributed by atoms with Crippen LogP contribution in [0.4, 0.5) is 5.69 Å². The highest BCUT2D eigenvalue weighted by molar-refractivity contribution is 7.92. The maximum atomic E-state index is 13.5. The van der Waals surface area contributed by atoms with Crippen molar-refractivity contribution >= 4 is 27.5 Å². The molecule has 0 saturated heterocycles. The van der Waals surface area contributed by atoms with Crippen LogP contribution in [0, 0.1) is 13.8 Å². The van der Waals surface area contributed by atoms with Crippen LogP contribution in [0.25, 0.3) is 0 Å². The van der Waals surface area contributed by atoms with Crippen molar-refractivity contribution in [1.29, 1.82) is 0 Å². The van der Waals surface area contributed by atoms with Gasteiger partial charge in [0.15, 0.2) is 0 Å². The van der Waals surface area contributed by atoms with Crippen molar-refractivity contribution in [2.24, 2.45) is 0 Å². The molecular weight excluding hydrogens is 474 g/mol. The van der Waals surface area contributed by atoms with E-state index < -0.39 is 21.6 Å². The largest absolute Gasteiger partial charge is 0.350 e. The third-order valence-corrected chi connectivity index (χ3v) is 7.03. The van der Waals surface area contributed by atoms with Crippen molar-refractivity contribution < 1.29 is 18.0 Å². The third kappa shape index (κ3) is 8.97. The van der Waals surface area contributed by atoms with E-state index >= 15 is 0 Å². The molecule has 0 heterocycles. The van der Waals surface area contributed by atoms with Gasteiger partial charge in [-0.3, -0.25) is 13.9 Å². The third-order valence-electron chi connectivity index (χ3n) is 5.83. The lowest BCUT2D eigenvalue weighted by Gasteiger charge is -2.33. The van der Waals surface area contributed by atoms with Gasteiger partial charge < -0.3 is 10.2 Å². The second-order valence-corrected chi connectivity index (χ2v) is 12.4. The van der Waals surface area contributed by atoms with Crippen LogP contribution in [-0.2, 0) is 26.2 Å². The number of carbonyl (C=O) groups excluding carboxylic acids is 2. The molecule has 0 bridgehead atoms. The van der Waals surface area contributed by atoms with Gasteiger partial charge >= 0.3 is 0 Å². The minimum Gasteiger partial charge on any atom is -0.350 e. The summed E-state index contributed by atoms with van der Waals surface area (Å²) < 4.78 is 26.2. The standard InChI is InChI=1S/C28H41N3O4S/c1-8-25(27(33)29-28(4,5)6)30(20-23-15-11-21(2)12-16-23)26(32)10-9-19-31(36(7,34)35)24-17-13-22(3)14-18-24/h11-18,25H,8-10,19-20H2,1-7H3,(H,29,33)/t25-/m0/s1. The average molecular weight is 516 g/mol. The summed E-state index contributed by atoms with van der Waals surface area (Å²) in [6, 6.07) is 14.5. The zero-order valence-corrected chi connectivity index (χ0v) is 23.5. The van der Waals surface area contributed by atoms with Crippen LogP contribution in [0.2, 0.25) is 0 Å². The van der Waals surface area contributed by atoms with Gasteiger partial charge in [-0.15, -0.1) is 0 Å². The second kappa shape index (κ2) is 12.4. The lowest BCUT2D eigenvalue weighted by atomic mass is 10.0. The number of sulfonamides is 1. The van der Waals surface area contributed by atoms with Gasteiger partial charge in [0, 0.05) is 25.0 Å². The van der Waals surface area contributed by atoms with Crippen LogP contribution in [0.3, 0.4) is 0 Å². The minimum absolute atomic E-state index is 0.128. The minimum atomic E-state index is -3.51. The number of nitrogens with zero attached hydrogens (tertiary/aromatic N) is 2. The summed E-state index contributed by atoms with van der Waals surface area (Å²) in [4.78, 5) is 28.2. The molecule has 2 rings (SSSR count). The summed E-state index contributed by atoms with van der Waals surface area (Å²) in [5.41, 5.74) is 3.24. The first kappa shape index (κ1) is 29.4. The van der Waals surface area contributed by atoms with E-state index in [-0.39, 0.29) is 24.8 Å². The molecule has 2 aromatic carbocycles. The summed E-state index contributed by atoms with van der Waals surface area (Å²) in [6.45, 7) is 12.1. The van der Waals surface area contributed by atoms with Crippen molar-refractivity contribution in [2.75, 3.05) is 17.1 Å². The van der Waals surface area contributed by atoms with Crippen LogP contribution in [0.15, 0.2) is 48.5 Å². The predicted molar refractivity (Wildman–Crippen MR) is 146 cm³/mol. The Morgan fingerprint density at radius 2 is 1.47 bits per heavy atom. The van der Waals surface area contributed by atoms with E-state index in [0.29, 0.717) is 25.1 Å². The van der Waals surface area contributed by atoms with E-state index in [1.54, 1.807) is 17.0 Å². The molecule has 0 aliphatic carbocycles. The molecule has 0 aromatic heterocycles. The highest BCUT2D eigenvalue weighted by Crippen LogP contribution is 2.20. The van der Waals surface area contributed by atoms with Crippen molar-refractivity contribution in [3.63, 3.8) is 0 Å². The average Bonchev–Trinajstić information content (AvgIpc) is 2.76. The maximum Gasteiger partial charge on any atom is 0.243 e. The molecule has 8 heteroatoms. The van der Waals surface area contributed by atoms with Gasteiger partial charge in [-0.05, 0) is 65.2 Å². The van der Waals surface area contributed by atoms with Gasteiger partial charge in [-0.1, -0.05) is 54.4 Å². The Morgan fingerprint density at radius 3 is 1.94 bits per heavy atom. The molecule has 0 saturated carbocycles. The Balaban J connectivity index is 2.22. The summed E-state index contributed by atoms with van der Waals surface area (Å²) in [7, 11) is -3.51. The molecule has 0 aliphatic rings. The summed E-state index contributed by atoms with van der Waals surface area (Å²) in [5.74, 6) is -0.369. The number of hydrogen-bond donors (Lipinski definition) is 1. The van der Waals surface area contributed by atoms with Gasteiger partial charge in [-0.25, -0.2) is 8.42 Å². The number of benzene rings is 2. The first-order chi connectivity index (χ1) is 16.7. The Hall–Kier alpha value is -2.87. The van der Waals surface area contributed by atoms with Crippen LogP contribution < -0.4 is 9.62 Å². The maximum absolute atomic E-state index is 13.5. The molecule has 1 atom stereocenters. The summed E-state index contributed by atoms with van der Waals surface area (Å²) >= 11 is 0. The zero-order valence-electron chi connectivity index (χ0n) is 22.7. The summed E-state index contributed by atoms with van der Waals surface area (Å²) in [5, 5.41) is 3.00. The van der Waals surface area contributed by atoms with Crippen molar-refractivity contribution in [3.05, 3.63) is 65.2 Å². The highest BCUT2D eigenvalue weighted by atomic mass is 32.2. The van der Waals surface area contributed by atoms with Gasteiger partial charge in [0.25, 0.3) is 0 Å². The molecule has 2 aromatic rings. The molecule has 0 fully saturated rings. The summed E-state index contributed by atoms with van der Waals surface area (Å²) in [6.07, 6.45) is 2.10. The Morgan fingerprint density at radius 1 is 0.944 bits per heavy atom. The first-order valence-electron chi connectivity index (χ1n) is 12.4. The van der Waals surface area contributed by atoms with Crippen LogP contribution in [0.1, 0.15) is 63.6 Å². The Labute approximate surface area is 216 Å². The SMILES string of the molecule is CC[C@@H](C(=O)NC(C)(C)C)N(Cc1ccc(C)cc1)C(=O)CCCN(c1ccc(C)cc1)S(C)(=O)=O. The fourth-order valence-corrected chi connectivity index (χ4v) is 4.94. The molecule has 198 valence electrons. The molecule has 7 nitrogen and oxygen atoms in total. The quantitative estimate of drug-likeness (QED) is 0.475. The van der Waals surface area contributed by atoms with Gasteiger partial charge in [0.2, 0.25) is 21.8 Å². The fraction of sp³-hybridized carbons (Fsp3) is 0.500. The molecule has 36 heavy (non-hydrogen) atoms. The number of rotatable bonds is 11. The number of aryl methyl sites for hydroxylation is 2. The number of anilines is 1. The van der Waals surface area contributed by atoms with Gasteiger partial charge in [0.1, 0.15) is 6.04 Å². The van der Waals surface area contributed by atoms with Crippen LogP contribution >= 0.6 is 0 Å². The molecule has 0 spiro atoms. The number of carbonyl (C=O) groups is 2. The lowest BCUT2D eigenvalue weighted by molar-refractivity contribution is -0.142. The molecule has 0 aliphatic heterocycles. The monoisotopic (exact) mass is 515 g/mol. The molecule has 0 radical (unpaired) electrons. The van der Waals surface area contributed by atoms with E-state index in [1.165, 1.54) is 10.6 Å². The highest BCUT2D eigenvalue weighted by Gasteiger charge is 2.30. The van der Waals surface area contributed by atoms with E-state index in [0.717, 1.165) is 16.7 Å². The van der Waals surface area contributed by atoms with Crippen LogP contribution in [0.5, 0.6) is 0 Å². The van der Waals surface area contributed by atoms with E-state index in [9.17, 15) is 18.0 Å². The molecule has 1 N–H and O–H groups in total. The van der Waals surface area contributed by atoms with Crippen LogP contribution in [-0.4, -0.2) is 49.5 Å². The molecule has 2 amide bonds. The molecular formula is C28H41N3O4S. The van der Waals surface area contributed by atoms with Crippen molar-refractivity contribution in [3.8, 4) is 0 Å². The second-order valence-electron chi connectivity index (χ2n) is 10.4. The normalized spacial score (nSPS) is 12.6. The number of hydrogen-bond acceptors (Lipinski definition) is 4. The zero-order chi connectivity index (χ0) is 27.1. The number of amides is 2. The van der Waals surface area contributed by atoms with Gasteiger partial charge in [-0.2, -0.15) is 0 Å². The fourth-order valence-electron chi connectivity index (χ4n) is 3.98. The smallest absolute Gasteiger partial charge is 0.243 e. The number of nitrogens with one attached hydrogen (secondary N) is 1. The lowest BCUT2D eigenvalue weighted by Crippen LogP contribution is -2.53. The Bertz CT molecular complexity index is 1120. The first-order valence-corrected chi connectivity index (χ1v) is 14.3. The van der Waals surface area contributed by atoms with Crippen molar-refractivity contribution in [1.82, 2.24) is 10.2 Å². The predicted octanol–water partition coefficient (Wildman–Crippen LogP) is 4.57. The van der Waals surface area contributed by atoms with E-state index in [2.05, 4.69) is 5.32 Å². The van der Waals surface area contributed by atoms with E-state index in [4.69, 9.17) is 0 Å². The Kier molecular flexibility index (Phi) is 10.1. The molecule has 0 unspecified atom stereocenters. The van der Waals surface area contributed by atoms with Crippen molar-refractivity contribution in [2.45, 2.75) is 78.9 Å².